The Bertz CT molecular complexity index is 843. The molecule has 1 nitrogen and oxygen atoms in total. The van der Waals surface area contributed by atoms with Crippen molar-refractivity contribution in [2.24, 2.45) is 0 Å². The first-order valence-corrected chi connectivity index (χ1v) is 6.70. The van der Waals surface area contributed by atoms with Crippen LogP contribution in [-0.4, -0.2) is 0 Å². The second-order valence-electron chi connectivity index (χ2n) is 4.90. The van der Waals surface area contributed by atoms with Crippen LogP contribution in [0.3, 0.4) is 0 Å². The van der Waals surface area contributed by atoms with Crippen LogP contribution >= 0.6 is 0 Å². The molecular weight excluding hydrogens is 244 g/mol. The number of allylic oxidation sites excluding steroid dienone is 2. The van der Waals surface area contributed by atoms with Gasteiger partial charge in [-0.05, 0) is 45.8 Å². The molecule has 0 spiro atoms. The second-order valence-corrected chi connectivity index (χ2v) is 4.90. The molecule has 1 heteroatoms. The molecule has 20 heavy (non-hydrogen) atoms. The van der Waals surface area contributed by atoms with E-state index in [1.165, 1.54) is 21.5 Å². The maximum Gasteiger partial charge on any atom is 0.199 e. The van der Waals surface area contributed by atoms with Gasteiger partial charge >= 0.3 is 0 Å². The zero-order valence-corrected chi connectivity index (χ0v) is 10.9. The fraction of sp³-hybridized carbons (Fsp3) is 0. The summed E-state index contributed by atoms with van der Waals surface area (Å²) in [5.74, 6) is 0. The van der Waals surface area contributed by atoms with Crippen LogP contribution in [0.15, 0.2) is 79.1 Å². The number of rotatable bonds is 1. The molecule has 0 bridgehead atoms. The smallest absolute Gasteiger partial charge is 0.199 e. The van der Waals surface area contributed by atoms with Crippen LogP contribution in [0.4, 0.5) is 0 Å². The highest BCUT2D eigenvalue weighted by atomic mass is 16.5. The van der Waals surface area contributed by atoms with E-state index >= 15 is 0 Å². The van der Waals surface area contributed by atoms with Gasteiger partial charge in [0.2, 0.25) is 0 Å². The average Bonchev–Trinajstić information content (AvgIpc) is 2.53. The lowest BCUT2D eigenvalue weighted by atomic mass is 9.96. The topological polar surface area (TPSA) is 9.23 Å². The van der Waals surface area contributed by atoms with Crippen molar-refractivity contribution >= 4 is 21.5 Å². The minimum atomic E-state index is 0.897. The summed E-state index contributed by atoms with van der Waals surface area (Å²) >= 11 is 0. The Hall–Kier alpha value is -2.54. The van der Waals surface area contributed by atoms with Crippen molar-refractivity contribution in [3.8, 4) is 0 Å². The van der Waals surface area contributed by atoms with Gasteiger partial charge in [-0.15, -0.1) is 0 Å². The summed E-state index contributed by atoms with van der Waals surface area (Å²) in [5, 5.41) is 4.98. The average molecular weight is 257 g/mol. The van der Waals surface area contributed by atoms with Gasteiger partial charge in [0.05, 0.1) is 6.26 Å². The summed E-state index contributed by atoms with van der Waals surface area (Å²) in [6, 6.07) is 19.2. The van der Waals surface area contributed by atoms with E-state index < -0.39 is 0 Å². The number of ether oxygens (including phenoxy) is 1. The summed E-state index contributed by atoms with van der Waals surface area (Å²) in [4.78, 5) is 0. The molecule has 0 amide bonds. The first-order chi connectivity index (χ1) is 9.92. The Labute approximate surface area is 117 Å². The molecule has 3 aromatic carbocycles. The van der Waals surface area contributed by atoms with E-state index in [1.54, 1.807) is 6.26 Å². The van der Waals surface area contributed by atoms with E-state index in [9.17, 15) is 0 Å². The third kappa shape index (κ3) is 1.79. The lowest BCUT2D eigenvalue weighted by Gasteiger charge is -2.16. The molecule has 1 heterocycles. The zero-order valence-electron chi connectivity index (χ0n) is 10.9. The molecule has 1 aliphatic heterocycles. The Balaban J connectivity index is 1.99. The number of hydrogen-bond acceptors (Lipinski definition) is 1. The Morgan fingerprint density at radius 3 is 2.30 bits per heavy atom. The van der Waals surface area contributed by atoms with Crippen LogP contribution < -0.4 is 0 Å². The lowest BCUT2D eigenvalue weighted by Crippen LogP contribution is -2.01. The van der Waals surface area contributed by atoms with Gasteiger partial charge in [0, 0.05) is 5.56 Å². The quantitative estimate of drug-likeness (QED) is 0.559. The van der Waals surface area contributed by atoms with E-state index in [2.05, 4.69) is 54.6 Å². The molecule has 0 atom stereocenters. The number of fused-ring (bicyclic) bond motifs is 2. The SMILES string of the molecule is C1=CO[C](c2cccc3cc4ccccc4cc23)C=C1. The van der Waals surface area contributed by atoms with E-state index in [0.29, 0.717) is 0 Å². The predicted octanol–water partition coefficient (Wildman–Crippen LogP) is 4.97. The minimum absolute atomic E-state index is 0.897. The molecule has 0 N–H and O–H groups in total. The third-order valence-electron chi connectivity index (χ3n) is 3.64. The van der Waals surface area contributed by atoms with Crippen LogP contribution in [0.25, 0.3) is 21.5 Å². The maximum atomic E-state index is 5.63. The van der Waals surface area contributed by atoms with Crippen molar-refractivity contribution < 1.29 is 4.74 Å². The van der Waals surface area contributed by atoms with Crippen LogP contribution in [0.5, 0.6) is 0 Å². The lowest BCUT2D eigenvalue weighted by molar-refractivity contribution is 0.306. The van der Waals surface area contributed by atoms with Gasteiger partial charge in [-0.25, -0.2) is 0 Å². The van der Waals surface area contributed by atoms with Crippen LogP contribution in [-0.2, 0) is 4.74 Å². The van der Waals surface area contributed by atoms with Crippen molar-refractivity contribution in [3.05, 3.63) is 90.8 Å². The molecule has 95 valence electrons. The normalized spacial score (nSPS) is 14.8. The fourth-order valence-corrected chi connectivity index (χ4v) is 2.68. The van der Waals surface area contributed by atoms with Crippen LogP contribution in [0.2, 0.25) is 0 Å². The summed E-state index contributed by atoms with van der Waals surface area (Å²) < 4.78 is 5.63. The molecule has 0 aliphatic carbocycles. The molecule has 0 saturated carbocycles. The van der Waals surface area contributed by atoms with Crippen LogP contribution in [0.1, 0.15) is 5.56 Å². The predicted molar refractivity (Wildman–Crippen MR) is 83.2 cm³/mol. The highest BCUT2D eigenvalue weighted by molar-refractivity contribution is 6.00. The molecular formula is C19H13O. The molecule has 4 rings (SSSR count). The van der Waals surface area contributed by atoms with Crippen LogP contribution in [0, 0.1) is 6.10 Å². The van der Waals surface area contributed by atoms with E-state index in [4.69, 9.17) is 4.74 Å². The Morgan fingerprint density at radius 2 is 1.50 bits per heavy atom. The molecule has 1 aliphatic rings. The fourth-order valence-electron chi connectivity index (χ4n) is 2.68. The number of benzene rings is 3. The van der Waals surface area contributed by atoms with Gasteiger partial charge in [-0.3, -0.25) is 0 Å². The summed E-state index contributed by atoms with van der Waals surface area (Å²) in [6.07, 6.45) is 8.51. The second kappa shape index (κ2) is 4.53. The molecule has 0 aromatic heterocycles. The molecule has 0 fully saturated rings. The first kappa shape index (κ1) is 11.3. The molecule has 1 radical (unpaired) electrons. The molecule has 3 aromatic rings. The van der Waals surface area contributed by atoms with Crippen molar-refractivity contribution in [1.82, 2.24) is 0 Å². The van der Waals surface area contributed by atoms with Crippen molar-refractivity contribution in [2.75, 3.05) is 0 Å². The van der Waals surface area contributed by atoms with E-state index in [1.807, 2.05) is 18.2 Å². The van der Waals surface area contributed by atoms with Gasteiger partial charge in [0.1, 0.15) is 0 Å². The Kier molecular flexibility index (Phi) is 2.56. The Morgan fingerprint density at radius 1 is 0.700 bits per heavy atom. The van der Waals surface area contributed by atoms with Crippen molar-refractivity contribution in [1.29, 1.82) is 0 Å². The number of hydrogen-bond donors (Lipinski definition) is 0. The van der Waals surface area contributed by atoms with Gasteiger partial charge in [0.15, 0.2) is 6.10 Å². The van der Waals surface area contributed by atoms with Gasteiger partial charge in [-0.2, -0.15) is 0 Å². The highest BCUT2D eigenvalue weighted by Gasteiger charge is 2.14. The van der Waals surface area contributed by atoms with Gasteiger partial charge in [0.25, 0.3) is 0 Å². The zero-order chi connectivity index (χ0) is 13.4. The van der Waals surface area contributed by atoms with Crippen molar-refractivity contribution in [2.45, 2.75) is 0 Å². The minimum Gasteiger partial charge on any atom is -0.481 e. The molecule has 0 unspecified atom stereocenters. The van der Waals surface area contributed by atoms with Gasteiger partial charge < -0.3 is 4.74 Å². The highest BCUT2D eigenvalue weighted by Crippen LogP contribution is 2.31. The van der Waals surface area contributed by atoms with E-state index in [-0.39, 0.29) is 0 Å². The summed E-state index contributed by atoms with van der Waals surface area (Å²) in [7, 11) is 0. The summed E-state index contributed by atoms with van der Waals surface area (Å²) in [5.41, 5.74) is 1.13. The van der Waals surface area contributed by atoms with E-state index in [0.717, 1.165) is 11.7 Å². The third-order valence-corrected chi connectivity index (χ3v) is 3.64. The largest absolute Gasteiger partial charge is 0.481 e. The maximum absolute atomic E-state index is 5.63. The molecule has 0 saturated heterocycles. The van der Waals surface area contributed by atoms with Crippen molar-refractivity contribution in [3.63, 3.8) is 0 Å². The monoisotopic (exact) mass is 257 g/mol. The summed E-state index contributed by atoms with van der Waals surface area (Å²) in [6.45, 7) is 0. The first-order valence-electron chi connectivity index (χ1n) is 6.70. The van der Waals surface area contributed by atoms with Gasteiger partial charge in [-0.1, -0.05) is 48.5 Å². The standard InChI is InChI=1S/C19H13O/c1-2-7-15-13-18-16(12-14(15)6-1)8-5-9-17(18)19-10-3-4-11-20-19/h1-13H.